The molecule has 0 aromatic carbocycles. The van der Waals surface area contributed by atoms with E-state index in [4.69, 9.17) is 5.41 Å². The predicted molar refractivity (Wildman–Crippen MR) is 73.9 cm³/mol. The first-order chi connectivity index (χ1) is 7.20. The zero-order valence-electron chi connectivity index (χ0n) is 9.06. The molecular formula is C10H17N3S2. The van der Waals surface area contributed by atoms with E-state index >= 15 is 0 Å². The quantitative estimate of drug-likeness (QED) is 0.326. The van der Waals surface area contributed by atoms with Gasteiger partial charge in [0.25, 0.3) is 0 Å². The molecule has 0 aliphatic heterocycles. The van der Waals surface area contributed by atoms with Gasteiger partial charge in [0.2, 0.25) is 0 Å². The van der Waals surface area contributed by atoms with Gasteiger partial charge in [0.05, 0.1) is 10.9 Å². The third-order valence-electron chi connectivity index (χ3n) is 1.26. The molecule has 3 nitrogen and oxygen atoms in total. The highest BCUT2D eigenvalue weighted by molar-refractivity contribution is 8.14. The number of rotatable bonds is 6. The Labute approximate surface area is 100 Å². The highest BCUT2D eigenvalue weighted by Crippen LogP contribution is 2.06. The van der Waals surface area contributed by atoms with E-state index in [9.17, 15) is 0 Å². The number of hydrogen-bond acceptors (Lipinski definition) is 4. The van der Waals surface area contributed by atoms with E-state index in [0.717, 1.165) is 5.75 Å². The van der Waals surface area contributed by atoms with E-state index in [1.165, 1.54) is 23.5 Å². The molecule has 0 aliphatic rings. The zero-order valence-corrected chi connectivity index (χ0v) is 10.7. The zero-order chi connectivity index (χ0) is 11.5. The summed E-state index contributed by atoms with van der Waals surface area (Å²) in [7, 11) is 0. The highest BCUT2D eigenvalue weighted by Gasteiger charge is 2.01. The fourth-order valence-corrected chi connectivity index (χ4v) is 1.81. The van der Waals surface area contributed by atoms with Crippen molar-refractivity contribution in [1.82, 2.24) is 5.32 Å². The maximum Gasteiger partial charge on any atom is 0.154 e. The number of amidine groups is 1. The number of nitrogens with one attached hydrogen (secondary N) is 2. The number of hydrogen-bond donors (Lipinski definition) is 2. The van der Waals surface area contributed by atoms with Gasteiger partial charge in [-0.15, -0.1) is 0 Å². The van der Waals surface area contributed by atoms with Crippen molar-refractivity contribution in [2.45, 2.75) is 19.2 Å². The van der Waals surface area contributed by atoms with Crippen LogP contribution in [0.2, 0.25) is 0 Å². The first-order valence-electron chi connectivity index (χ1n) is 4.63. The normalized spacial score (nSPS) is 13.2. The van der Waals surface area contributed by atoms with Gasteiger partial charge in [-0.05, 0) is 18.8 Å². The average Bonchev–Trinajstić information content (AvgIpc) is 2.17. The lowest BCUT2D eigenvalue weighted by Gasteiger charge is -2.11. The molecule has 0 amide bonds. The molecule has 1 atom stereocenters. The van der Waals surface area contributed by atoms with Crippen molar-refractivity contribution in [2.75, 3.05) is 5.75 Å². The summed E-state index contributed by atoms with van der Waals surface area (Å²) in [5, 5.41) is 11.2. The Bertz CT molecular complexity index is 249. The summed E-state index contributed by atoms with van der Waals surface area (Å²) in [5.74, 6) is 0.916. The number of nitrogens with zero attached hydrogens (tertiary/aromatic N) is 1. The lowest BCUT2D eigenvalue weighted by atomic mass is 10.6. The second kappa shape index (κ2) is 9.86. The SMILES string of the molecule is C=C/C=C/N=CSC(C)NC(=N)SCC. The highest BCUT2D eigenvalue weighted by atomic mass is 32.2. The summed E-state index contributed by atoms with van der Waals surface area (Å²) < 4.78 is 0. The van der Waals surface area contributed by atoms with Crippen LogP contribution in [0.5, 0.6) is 0 Å². The van der Waals surface area contributed by atoms with Crippen molar-refractivity contribution in [2.24, 2.45) is 4.99 Å². The molecule has 0 radical (unpaired) electrons. The Hall–Kier alpha value is -0.680. The van der Waals surface area contributed by atoms with Crippen LogP contribution < -0.4 is 5.32 Å². The summed E-state index contributed by atoms with van der Waals surface area (Å²) in [6.45, 7) is 7.57. The minimum atomic E-state index is 0.164. The van der Waals surface area contributed by atoms with Crippen LogP contribution in [0.15, 0.2) is 29.9 Å². The van der Waals surface area contributed by atoms with Crippen LogP contribution in [0.1, 0.15) is 13.8 Å². The van der Waals surface area contributed by atoms with Crippen molar-refractivity contribution in [1.29, 1.82) is 5.41 Å². The molecule has 0 saturated heterocycles. The first-order valence-corrected chi connectivity index (χ1v) is 6.56. The van der Waals surface area contributed by atoms with Gasteiger partial charge in [0.1, 0.15) is 0 Å². The molecule has 84 valence electrons. The van der Waals surface area contributed by atoms with Crippen molar-refractivity contribution in [3.05, 3.63) is 24.9 Å². The second-order valence-corrected chi connectivity index (χ2v) is 4.98. The molecule has 0 aliphatic carbocycles. The Kier molecular flexibility index (Phi) is 9.41. The molecule has 2 N–H and O–H groups in total. The van der Waals surface area contributed by atoms with E-state index in [1.54, 1.807) is 23.9 Å². The number of aliphatic imine (C=N–C) groups is 1. The van der Waals surface area contributed by atoms with Crippen LogP contribution in [0.25, 0.3) is 0 Å². The van der Waals surface area contributed by atoms with E-state index in [2.05, 4.69) is 16.9 Å². The number of thioether (sulfide) groups is 2. The smallest absolute Gasteiger partial charge is 0.154 e. The van der Waals surface area contributed by atoms with Gasteiger partial charge in [-0.1, -0.05) is 43.1 Å². The Balaban J connectivity index is 3.69. The minimum absolute atomic E-state index is 0.164. The summed E-state index contributed by atoms with van der Waals surface area (Å²) in [6.07, 6.45) is 5.13. The summed E-state index contributed by atoms with van der Waals surface area (Å²) in [4.78, 5) is 4.02. The van der Waals surface area contributed by atoms with Gasteiger partial charge in [0.15, 0.2) is 5.17 Å². The average molecular weight is 243 g/mol. The fourth-order valence-electron chi connectivity index (χ4n) is 0.677. The maximum atomic E-state index is 7.53. The van der Waals surface area contributed by atoms with E-state index < -0.39 is 0 Å². The molecule has 0 aromatic rings. The van der Waals surface area contributed by atoms with Crippen LogP contribution in [-0.4, -0.2) is 21.8 Å². The molecule has 0 heterocycles. The largest absolute Gasteiger partial charge is 0.353 e. The Morgan fingerprint density at radius 3 is 3.00 bits per heavy atom. The molecule has 0 bridgehead atoms. The predicted octanol–water partition coefficient (Wildman–Crippen LogP) is 3.07. The summed E-state index contributed by atoms with van der Waals surface area (Å²) >= 11 is 3.03. The standard InChI is InChI=1S/C10H17N3S2/c1-4-6-7-12-8-15-9(3)13-10(11)14-5-2/h4,6-9H,1,5H2,2-3H3,(H2,11,13)/b7-6+,12-8?. The van der Waals surface area contributed by atoms with Gasteiger partial charge >= 0.3 is 0 Å². The molecule has 5 heteroatoms. The molecule has 15 heavy (non-hydrogen) atoms. The van der Waals surface area contributed by atoms with Crippen molar-refractivity contribution in [3.63, 3.8) is 0 Å². The van der Waals surface area contributed by atoms with Gasteiger partial charge in [-0.25, -0.2) is 0 Å². The molecular weight excluding hydrogens is 226 g/mol. The van der Waals surface area contributed by atoms with Gasteiger partial charge in [0, 0.05) is 6.20 Å². The molecule has 0 saturated carbocycles. The topological polar surface area (TPSA) is 48.2 Å². The van der Waals surface area contributed by atoms with Gasteiger partial charge in [-0.3, -0.25) is 10.4 Å². The van der Waals surface area contributed by atoms with Crippen LogP contribution in [0, 0.1) is 5.41 Å². The summed E-state index contributed by atoms with van der Waals surface area (Å²) in [5.41, 5.74) is 1.75. The monoisotopic (exact) mass is 243 g/mol. The molecule has 1 unspecified atom stereocenters. The second-order valence-electron chi connectivity index (χ2n) is 2.52. The molecule has 0 rings (SSSR count). The Morgan fingerprint density at radius 2 is 2.40 bits per heavy atom. The third-order valence-corrected chi connectivity index (χ3v) is 2.72. The fraction of sp³-hybridized carbons (Fsp3) is 0.400. The first kappa shape index (κ1) is 14.3. The van der Waals surface area contributed by atoms with Crippen LogP contribution in [0.3, 0.4) is 0 Å². The van der Waals surface area contributed by atoms with Crippen LogP contribution in [-0.2, 0) is 0 Å². The molecule has 0 spiro atoms. The maximum absolute atomic E-state index is 7.53. The van der Waals surface area contributed by atoms with Gasteiger partial charge < -0.3 is 5.32 Å². The molecule has 0 aromatic heterocycles. The lowest BCUT2D eigenvalue weighted by molar-refractivity contribution is 0.911. The van der Waals surface area contributed by atoms with Crippen molar-refractivity contribution >= 4 is 34.2 Å². The van der Waals surface area contributed by atoms with Crippen LogP contribution in [0.4, 0.5) is 0 Å². The van der Waals surface area contributed by atoms with Crippen LogP contribution >= 0.6 is 23.5 Å². The third kappa shape index (κ3) is 9.62. The minimum Gasteiger partial charge on any atom is -0.353 e. The van der Waals surface area contributed by atoms with E-state index in [1.807, 2.05) is 13.8 Å². The Morgan fingerprint density at radius 1 is 1.67 bits per heavy atom. The van der Waals surface area contributed by atoms with E-state index in [-0.39, 0.29) is 5.37 Å². The molecule has 0 fully saturated rings. The summed E-state index contributed by atoms with van der Waals surface area (Å²) in [6, 6.07) is 0. The van der Waals surface area contributed by atoms with E-state index in [0.29, 0.717) is 5.17 Å². The lowest BCUT2D eigenvalue weighted by Crippen LogP contribution is -2.27. The van der Waals surface area contributed by atoms with Gasteiger partial charge in [-0.2, -0.15) is 0 Å². The van der Waals surface area contributed by atoms with Crippen molar-refractivity contribution in [3.8, 4) is 0 Å². The number of allylic oxidation sites excluding steroid dienone is 2. The van der Waals surface area contributed by atoms with Crippen molar-refractivity contribution < 1.29 is 0 Å².